The van der Waals surface area contributed by atoms with E-state index in [4.69, 9.17) is 16.3 Å². The highest BCUT2D eigenvalue weighted by atomic mass is 35.5. The molecular weight excluding hydrogens is 349 g/mol. The van der Waals surface area contributed by atoms with Gasteiger partial charge in [-0.05, 0) is 24.3 Å². The normalized spacial score (nSPS) is 11.5. The minimum Gasteiger partial charge on any atom is -0.438 e. The summed E-state index contributed by atoms with van der Waals surface area (Å²) in [4.78, 5) is 7.58. The van der Waals surface area contributed by atoms with Crippen LogP contribution in [-0.4, -0.2) is 9.97 Å². The highest BCUT2D eigenvalue weighted by Crippen LogP contribution is 2.37. The zero-order chi connectivity index (χ0) is 16.4. The number of rotatable bonds is 3. The lowest BCUT2D eigenvalue weighted by molar-refractivity contribution is -0.134. The molecule has 0 aliphatic carbocycles. The van der Waals surface area contributed by atoms with Gasteiger partial charge in [-0.15, -0.1) is 11.3 Å². The third-order valence-corrected chi connectivity index (χ3v) is 4.02. The van der Waals surface area contributed by atoms with Gasteiger partial charge >= 0.3 is 6.18 Å². The van der Waals surface area contributed by atoms with E-state index in [-0.39, 0.29) is 11.6 Å². The molecule has 0 N–H and O–H groups in total. The van der Waals surface area contributed by atoms with E-state index in [1.54, 1.807) is 24.3 Å². The molecule has 0 aliphatic rings. The molecule has 8 heteroatoms. The summed E-state index contributed by atoms with van der Waals surface area (Å²) in [5.74, 6) is 0.644. The maximum absolute atomic E-state index is 12.6. The highest BCUT2D eigenvalue weighted by Gasteiger charge is 2.32. The van der Waals surface area contributed by atoms with Crippen molar-refractivity contribution in [3.63, 3.8) is 0 Å². The van der Waals surface area contributed by atoms with Crippen LogP contribution in [0.3, 0.4) is 0 Å². The fourth-order valence-corrected chi connectivity index (χ4v) is 2.58. The van der Waals surface area contributed by atoms with Crippen LogP contribution in [0.15, 0.2) is 48.0 Å². The molecule has 0 radical (unpaired) electrons. The van der Waals surface area contributed by atoms with E-state index in [1.807, 2.05) is 0 Å². The molecule has 0 aliphatic heterocycles. The average molecular weight is 357 g/mol. The summed E-state index contributed by atoms with van der Waals surface area (Å²) in [5, 5.41) is 1.87. The number of hydrogen-bond acceptors (Lipinski definition) is 4. The molecule has 0 saturated heterocycles. The molecule has 3 nitrogen and oxygen atoms in total. The van der Waals surface area contributed by atoms with Crippen LogP contribution in [0, 0.1) is 0 Å². The van der Waals surface area contributed by atoms with Crippen molar-refractivity contribution < 1.29 is 17.9 Å². The third kappa shape index (κ3) is 3.80. The number of halogens is 4. The van der Waals surface area contributed by atoms with Crippen LogP contribution < -0.4 is 4.74 Å². The van der Waals surface area contributed by atoms with E-state index < -0.39 is 11.1 Å². The minimum atomic E-state index is -4.38. The van der Waals surface area contributed by atoms with Gasteiger partial charge in [-0.25, -0.2) is 4.98 Å². The Bertz CT molecular complexity index is 818. The van der Waals surface area contributed by atoms with Crippen LogP contribution in [0.25, 0.3) is 11.4 Å². The number of hydrogen-bond donors (Lipinski definition) is 0. The zero-order valence-electron chi connectivity index (χ0n) is 11.3. The van der Waals surface area contributed by atoms with Crippen LogP contribution in [-0.2, 0) is 6.18 Å². The lowest BCUT2D eigenvalue weighted by Crippen LogP contribution is -2.00. The van der Waals surface area contributed by atoms with Crippen molar-refractivity contribution in [1.29, 1.82) is 0 Å². The van der Waals surface area contributed by atoms with Gasteiger partial charge in [0.05, 0.1) is 0 Å². The van der Waals surface area contributed by atoms with Gasteiger partial charge in [-0.2, -0.15) is 18.2 Å². The molecule has 0 spiro atoms. The van der Waals surface area contributed by atoms with Crippen molar-refractivity contribution in [3.05, 3.63) is 57.9 Å². The van der Waals surface area contributed by atoms with Crippen molar-refractivity contribution >= 4 is 22.9 Å². The minimum absolute atomic E-state index is 0.0862. The molecule has 2 heterocycles. The van der Waals surface area contributed by atoms with Gasteiger partial charge in [-0.1, -0.05) is 11.6 Å². The first-order valence-electron chi connectivity index (χ1n) is 6.34. The van der Waals surface area contributed by atoms with Crippen LogP contribution >= 0.6 is 22.9 Å². The predicted molar refractivity (Wildman–Crippen MR) is 81.9 cm³/mol. The fraction of sp³-hybridized carbons (Fsp3) is 0.0667. The first-order valence-corrected chi connectivity index (χ1v) is 7.60. The Kier molecular flexibility index (Phi) is 4.23. The molecule has 0 fully saturated rings. The quantitative estimate of drug-likeness (QED) is 0.606. The van der Waals surface area contributed by atoms with E-state index in [0.717, 1.165) is 11.6 Å². The molecule has 23 heavy (non-hydrogen) atoms. The van der Waals surface area contributed by atoms with E-state index in [2.05, 4.69) is 9.97 Å². The van der Waals surface area contributed by atoms with Crippen molar-refractivity contribution in [1.82, 2.24) is 9.97 Å². The van der Waals surface area contributed by atoms with Gasteiger partial charge in [0.25, 0.3) is 0 Å². The first-order chi connectivity index (χ1) is 10.9. The standard InChI is InChI=1S/C15H8ClF3N2OS/c16-10-3-1-9(2-4-10)14-20-6-5-13(21-14)22-11-7-12(23-8-11)15(17,18)19/h1-8H. The van der Waals surface area contributed by atoms with E-state index >= 15 is 0 Å². The summed E-state index contributed by atoms with van der Waals surface area (Å²) in [7, 11) is 0. The smallest absolute Gasteiger partial charge is 0.425 e. The lowest BCUT2D eigenvalue weighted by Gasteiger charge is -2.05. The van der Waals surface area contributed by atoms with E-state index in [9.17, 15) is 13.2 Å². The van der Waals surface area contributed by atoms with Crippen molar-refractivity contribution in [3.8, 4) is 23.0 Å². The number of alkyl halides is 3. The molecule has 0 unspecified atom stereocenters. The van der Waals surface area contributed by atoms with Crippen molar-refractivity contribution in [2.24, 2.45) is 0 Å². The maximum Gasteiger partial charge on any atom is 0.425 e. The van der Waals surface area contributed by atoms with Gasteiger partial charge < -0.3 is 4.74 Å². The Hall–Kier alpha value is -2.12. The van der Waals surface area contributed by atoms with Gasteiger partial charge in [0.1, 0.15) is 10.6 Å². The SMILES string of the molecule is FC(F)(F)c1cc(Oc2ccnc(-c3ccc(Cl)cc3)n2)cs1. The second kappa shape index (κ2) is 6.17. The summed E-state index contributed by atoms with van der Waals surface area (Å²) in [6.45, 7) is 0. The Morgan fingerprint density at radius 3 is 2.48 bits per heavy atom. The van der Waals surface area contributed by atoms with Crippen LogP contribution in [0.4, 0.5) is 13.2 Å². The molecule has 3 rings (SSSR count). The van der Waals surface area contributed by atoms with Crippen LogP contribution in [0.5, 0.6) is 11.6 Å². The second-order valence-electron chi connectivity index (χ2n) is 4.47. The summed E-state index contributed by atoms with van der Waals surface area (Å²) in [5.41, 5.74) is 0.723. The molecule has 0 saturated carbocycles. The number of nitrogens with zero attached hydrogens (tertiary/aromatic N) is 2. The molecular formula is C15H8ClF3N2OS. The van der Waals surface area contributed by atoms with Gasteiger partial charge in [0.2, 0.25) is 5.88 Å². The molecule has 0 atom stereocenters. The van der Waals surface area contributed by atoms with Crippen molar-refractivity contribution in [2.45, 2.75) is 6.18 Å². The summed E-state index contributed by atoms with van der Waals surface area (Å²) in [6.07, 6.45) is -2.91. The van der Waals surface area contributed by atoms with Crippen LogP contribution in [0.1, 0.15) is 4.88 Å². The molecule has 118 valence electrons. The lowest BCUT2D eigenvalue weighted by atomic mass is 10.2. The van der Waals surface area contributed by atoms with Gasteiger partial charge in [-0.3, -0.25) is 0 Å². The Morgan fingerprint density at radius 1 is 1.09 bits per heavy atom. The highest BCUT2D eigenvalue weighted by molar-refractivity contribution is 7.10. The molecule has 0 amide bonds. The summed E-state index contributed by atoms with van der Waals surface area (Å²) < 4.78 is 43.1. The molecule has 1 aromatic carbocycles. The predicted octanol–water partition coefficient (Wildman–Crippen LogP) is 5.67. The van der Waals surface area contributed by atoms with E-state index in [1.165, 1.54) is 17.6 Å². The number of thiophene rings is 1. The molecule has 0 bridgehead atoms. The fourth-order valence-electron chi connectivity index (χ4n) is 1.78. The van der Waals surface area contributed by atoms with Crippen LogP contribution in [0.2, 0.25) is 5.02 Å². The maximum atomic E-state index is 12.6. The largest absolute Gasteiger partial charge is 0.438 e. The molecule has 2 aromatic heterocycles. The van der Waals surface area contributed by atoms with Crippen molar-refractivity contribution in [2.75, 3.05) is 0 Å². The first kappa shape index (κ1) is 15.8. The Labute approximate surface area is 138 Å². The monoisotopic (exact) mass is 356 g/mol. The third-order valence-electron chi connectivity index (χ3n) is 2.81. The zero-order valence-corrected chi connectivity index (χ0v) is 12.9. The number of aromatic nitrogens is 2. The number of ether oxygens (including phenoxy) is 1. The topological polar surface area (TPSA) is 35.0 Å². The van der Waals surface area contributed by atoms with Gasteiger partial charge in [0.15, 0.2) is 5.82 Å². The Balaban J connectivity index is 1.83. The van der Waals surface area contributed by atoms with Gasteiger partial charge in [0, 0.05) is 34.3 Å². The number of benzene rings is 1. The second-order valence-corrected chi connectivity index (χ2v) is 5.82. The average Bonchev–Trinajstić information content (AvgIpc) is 2.97. The summed E-state index contributed by atoms with van der Waals surface area (Å²) in [6, 6.07) is 9.30. The summed E-state index contributed by atoms with van der Waals surface area (Å²) >= 11 is 6.39. The Morgan fingerprint density at radius 2 is 1.83 bits per heavy atom. The molecule has 3 aromatic rings. The van der Waals surface area contributed by atoms with E-state index in [0.29, 0.717) is 22.2 Å².